The standard InChI is InChI=1S/C14H22N2O4/c1-9(2)11(19-3)12-15-10(20-16-12)8-14(13(17)18)6-4-5-7-14/h9,11H,4-8H2,1-3H3,(H,17,18). The zero-order valence-electron chi connectivity index (χ0n) is 12.3. The highest BCUT2D eigenvalue weighted by molar-refractivity contribution is 5.75. The Morgan fingerprint density at radius 1 is 1.45 bits per heavy atom. The molecule has 1 aromatic rings. The van der Waals surface area contributed by atoms with Crippen LogP contribution in [0.5, 0.6) is 0 Å². The zero-order chi connectivity index (χ0) is 14.8. The average Bonchev–Trinajstić information content (AvgIpc) is 3.01. The second-order valence-corrected chi connectivity index (χ2v) is 5.92. The molecule has 2 rings (SSSR count). The van der Waals surface area contributed by atoms with Crippen LogP contribution < -0.4 is 0 Å². The number of aromatic nitrogens is 2. The van der Waals surface area contributed by atoms with Crippen molar-refractivity contribution in [3.8, 4) is 0 Å². The van der Waals surface area contributed by atoms with Crippen molar-refractivity contribution in [3.05, 3.63) is 11.7 Å². The van der Waals surface area contributed by atoms with Gasteiger partial charge in [-0.15, -0.1) is 0 Å². The van der Waals surface area contributed by atoms with Crippen LogP contribution in [0.2, 0.25) is 0 Å². The lowest BCUT2D eigenvalue weighted by Crippen LogP contribution is -2.30. The lowest BCUT2D eigenvalue weighted by atomic mass is 9.83. The molecule has 1 atom stereocenters. The van der Waals surface area contributed by atoms with E-state index in [0.717, 1.165) is 12.8 Å². The number of carbonyl (C=O) groups is 1. The zero-order valence-corrected chi connectivity index (χ0v) is 12.3. The monoisotopic (exact) mass is 282 g/mol. The van der Waals surface area contributed by atoms with Gasteiger partial charge in [-0.05, 0) is 18.8 Å². The fourth-order valence-corrected chi connectivity index (χ4v) is 2.94. The Balaban J connectivity index is 2.14. The van der Waals surface area contributed by atoms with Crippen molar-refractivity contribution in [2.24, 2.45) is 11.3 Å². The predicted molar refractivity (Wildman–Crippen MR) is 71.1 cm³/mol. The van der Waals surface area contributed by atoms with E-state index in [4.69, 9.17) is 9.26 Å². The van der Waals surface area contributed by atoms with Crippen LogP contribution in [0.4, 0.5) is 0 Å². The highest BCUT2D eigenvalue weighted by Crippen LogP contribution is 2.41. The van der Waals surface area contributed by atoms with Gasteiger partial charge in [0.1, 0.15) is 6.10 Å². The van der Waals surface area contributed by atoms with Gasteiger partial charge in [-0.3, -0.25) is 4.79 Å². The summed E-state index contributed by atoms with van der Waals surface area (Å²) in [5, 5.41) is 13.4. The molecule has 6 heteroatoms. The Kier molecular flexibility index (Phi) is 4.42. The van der Waals surface area contributed by atoms with E-state index in [1.165, 1.54) is 0 Å². The molecular weight excluding hydrogens is 260 g/mol. The maximum atomic E-state index is 11.5. The number of carboxylic acid groups (broad SMARTS) is 1. The number of methoxy groups -OCH3 is 1. The Morgan fingerprint density at radius 2 is 2.10 bits per heavy atom. The van der Waals surface area contributed by atoms with Crippen LogP contribution in [-0.2, 0) is 16.0 Å². The fourth-order valence-electron chi connectivity index (χ4n) is 2.94. The molecule has 1 aliphatic carbocycles. The molecule has 112 valence electrons. The van der Waals surface area contributed by atoms with Crippen LogP contribution in [0.25, 0.3) is 0 Å². The molecule has 1 fully saturated rings. The quantitative estimate of drug-likeness (QED) is 0.863. The molecule has 0 amide bonds. The third-order valence-electron chi connectivity index (χ3n) is 4.10. The van der Waals surface area contributed by atoms with Gasteiger partial charge in [-0.2, -0.15) is 4.98 Å². The average molecular weight is 282 g/mol. The van der Waals surface area contributed by atoms with Gasteiger partial charge in [0.25, 0.3) is 0 Å². The number of aliphatic carboxylic acids is 1. The van der Waals surface area contributed by atoms with Crippen molar-refractivity contribution in [3.63, 3.8) is 0 Å². The van der Waals surface area contributed by atoms with E-state index in [-0.39, 0.29) is 12.0 Å². The topological polar surface area (TPSA) is 85.5 Å². The molecule has 0 spiro atoms. The van der Waals surface area contributed by atoms with Crippen molar-refractivity contribution in [2.45, 2.75) is 52.1 Å². The molecule has 0 bridgehead atoms. The van der Waals surface area contributed by atoms with Gasteiger partial charge in [0.05, 0.1) is 5.41 Å². The Morgan fingerprint density at radius 3 is 2.60 bits per heavy atom. The van der Waals surface area contributed by atoms with Gasteiger partial charge < -0.3 is 14.4 Å². The van der Waals surface area contributed by atoms with E-state index in [1.54, 1.807) is 7.11 Å². The van der Waals surface area contributed by atoms with E-state index in [0.29, 0.717) is 31.0 Å². The molecule has 1 heterocycles. The van der Waals surface area contributed by atoms with Crippen LogP contribution in [0.3, 0.4) is 0 Å². The number of carboxylic acids is 1. The van der Waals surface area contributed by atoms with Crippen molar-refractivity contribution < 1.29 is 19.2 Å². The molecule has 6 nitrogen and oxygen atoms in total. The first-order chi connectivity index (χ1) is 9.48. The Hall–Kier alpha value is -1.43. The molecule has 1 aliphatic rings. The van der Waals surface area contributed by atoms with Gasteiger partial charge in [-0.1, -0.05) is 31.8 Å². The van der Waals surface area contributed by atoms with Gasteiger partial charge in [0.15, 0.2) is 0 Å². The summed E-state index contributed by atoms with van der Waals surface area (Å²) in [5.41, 5.74) is -0.732. The molecule has 1 unspecified atom stereocenters. The highest BCUT2D eigenvalue weighted by Gasteiger charge is 2.43. The van der Waals surface area contributed by atoms with Crippen LogP contribution >= 0.6 is 0 Å². The van der Waals surface area contributed by atoms with E-state index in [1.807, 2.05) is 13.8 Å². The lowest BCUT2D eigenvalue weighted by molar-refractivity contribution is -0.148. The third-order valence-corrected chi connectivity index (χ3v) is 4.10. The summed E-state index contributed by atoms with van der Waals surface area (Å²) < 4.78 is 10.6. The SMILES string of the molecule is COC(c1noc(CC2(C(=O)O)CCCC2)n1)C(C)C. The molecule has 0 saturated heterocycles. The first-order valence-electron chi connectivity index (χ1n) is 7.07. The first-order valence-corrected chi connectivity index (χ1v) is 7.07. The molecule has 1 saturated carbocycles. The molecular formula is C14H22N2O4. The minimum Gasteiger partial charge on any atom is -0.481 e. The summed E-state index contributed by atoms with van der Waals surface area (Å²) in [4.78, 5) is 15.8. The summed E-state index contributed by atoms with van der Waals surface area (Å²) in [5.74, 6) is 0.357. The van der Waals surface area contributed by atoms with Crippen LogP contribution in [0.15, 0.2) is 4.52 Å². The van der Waals surface area contributed by atoms with Gasteiger partial charge >= 0.3 is 5.97 Å². The van der Waals surface area contributed by atoms with Crippen LogP contribution in [0, 0.1) is 11.3 Å². The maximum absolute atomic E-state index is 11.5. The molecule has 1 N–H and O–H groups in total. The largest absolute Gasteiger partial charge is 0.481 e. The first kappa shape index (κ1) is 15.0. The summed E-state index contributed by atoms with van der Waals surface area (Å²) in [7, 11) is 1.61. The predicted octanol–water partition coefficient (Wildman–Crippen LogP) is 2.60. The molecule has 0 aliphatic heterocycles. The van der Waals surface area contributed by atoms with Crippen LogP contribution in [-0.4, -0.2) is 28.3 Å². The number of nitrogens with zero attached hydrogens (tertiary/aromatic N) is 2. The Labute approximate surface area is 118 Å². The molecule has 20 heavy (non-hydrogen) atoms. The van der Waals surface area contributed by atoms with E-state index in [2.05, 4.69) is 10.1 Å². The van der Waals surface area contributed by atoms with Gasteiger partial charge in [-0.25, -0.2) is 0 Å². The van der Waals surface area contributed by atoms with Crippen molar-refractivity contribution in [1.29, 1.82) is 0 Å². The van der Waals surface area contributed by atoms with Crippen molar-refractivity contribution >= 4 is 5.97 Å². The maximum Gasteiger partial charge on any atom is 0.310 e. The molecule has 1 aromatic heterocycles. The normalized spacial score (nSPS) is 19.4. The summed E-state index contributed by atoms with van der Waals surface area (Å²) in [6.07, 6.45) is 3.33. The van der Waals surface area contributed by atoms with Crippen LogP contribution in [0.1, 0.15) is 57.3 Å². The minimum absolute atomic E-state index is 0.225. The summed E-state index contributed by atoms with van der Waals surface area (Å²) >= 11 is 0. The van der Waals surface area contributed by atoms with Crippen molar-refractivity contribution in [2.75, 3.05) is 7.11 Å². The van der Waals surface area contributed by atoms with Gasteiger partial charge in [0.2, 0.25) is 11.7 Å². The summed E-state index contributed by atoms with van der Waals surface area (Å²) in [6, 6.07) is 0. The number of ether oxygens (including phenoxy) is 1. The third kappa shape index (κ3) is 2.85. The number of hydrogen-bond donors (Lipinski definition) is 1. The smallest absolute Gasteiger partial charge is 0.310 e. The van der Waals surface area contributed by atoms with Crippen molar-refractivity contribution in [1.82, 2.24) is 10.1 Å². The minimum atomic E-state index is -0.762. The second kappa shape index (κ2) is 5.91. The van der Waals surface area contributed by atoms with E-state index < -0.39 is 11.4 Å². The highest BCUT2D eigenvalue weighted by atomic mass is 16.5. The summed E-state index contributed by atoms with van der Waals surface area (Å²) in [6.45, 7) is 4.03. The number of hydrogen-bond acceptors (Lipinski definition) is 5. The van der Waals surface area contributed by atoms with E-state index >= 15 is 0 Å². The van der Waals surface area contributed by atoms with Gasteiger partial charge in [0, 0.05) is 13.5 Å². The molecule has 0 aromatic carbocycles. The fraction of sp³-hybridized carbons (Fsp3) is 0.786. The number of rotatable bonds is 6. The Bertz CT molecular complexity index is 463. The lowest BCUT2D eigenvalue weighted by Gasteiger charge is -2.21. The second-order valence-electron chi connectivity index (χ2n) is 5.92. The van der Waals surface area contributed by atoms with E-state index in [9.17, 15) is 9.90 Å². The molecule has 0 radical (unpaired) electrons.